The van der Waals surface area contributed by atoms with Gasteiger partial charge in [0.25, 0.3) is 5.91 Å². The van der Waals surface area contributed by atoms with Gasteiger partial charge in [-0.1, -0.05) is 41.9 Å². The lowest BCUT2D eigenvalue weighted by atomic mass is 10.1. The van der Waals surface area contributed by atoms with Gasteiger partial charge >= 0.3 is 0 Å². The lowest BCUT2D eigenvalue weighted by Crippen LogP contribution is -2.34. The maximum Gasteiger partial charge on any atom is 0.252 e. The van der Waals surface area contributed by atoms with Crippen LogP contribution in [0.4, 0.5) is 10.1 Å². The van der Waals surface area contributed by atoms with Crippen LogP contribution in [0.25, 0.3) is 0 Å². The summed E-state index contributed by atoms with van der Waals surface area (Å²) in [5.41, 5.74) is 3.81. The number of para-hydroxylation sites is 1. The van der Waals surface area contributed by atoms with Crippen LogP contribution in [0.2, 0.25) is 5.02 Å². The van der Waals surface area contributed by atoms with Gasteiger partial charge in [0.05, 0.1) is 18.5 Å². The SMILES string of the molecule is CCOc1cc(C=NNC(=O)C(C)C(=O)Nc2ccccc2F)ccc1OCc1ccccc1Cl. The number of amides is 2. The molecule has 0 radical (unpaired) electrons. The molecule has 1 unspecified atom stereocenters. The summed E-state index contributed by atoms with van der Waals surface area (Å²) in [6, 6.07) is 18.3. The van der Waals surface area contributed by atoms with Crippen molar-refractivity contribution in [2.24, 2.45) is 11.0 Å². The summed E-state index contributed by atoms with van der Waals surface area (Å²) >= 11 is 6.18. The van der Waals surface area contributed by atoms with Crippen molar-refractivity contribution in [2.45, 2.75) is 20.5 Å². The zero-order chi connectivity index (χ0) is 25.2. The molecule has 0 aliphatic carbocycles. The molecule has 0 heterocycles. The Morgan fingerprint density at radius 1 is 1.03 bits per heavy atom. The van der Waals surface area contributed by atoms with Crippen molar-refractivity contribution in [3.05, 3.63) is 88.7 Å². The van der Waals surface area contributed by atoms with Crippen LogP contribution in [-0.2, 0) is 16.2 Å². The van der Waals surface area contributed by atoms with E-state index in [9.17, 15) is 14.0 Å². The number of hydrogen-bond acceptors (Lipinski definition) is 5. The van der Waals surface area contributed by atoms with E-state index in [0.717, 1.165) is 5.56 Å². The topological polar surface area (TPSA) is 89.0 Å². The number of nitrogens with one attached hydrogen (secondary N) is 2. The average molecular weight is 498 g/mol. The molecular weight excluding hydrogens is 473 g/mol. The van der Waals surface area contributed by atoms with E-state index in [2.05, 4.69) is 15.8 Å². The fourth-order valence-corrected chi connectivity index (χ4v) is 3.14. The summed E-state index contributed by atoms with van der Waals surface area (Å²) in [5, 5.41) is 6.91. The third-order valence-electron chi connectivity index (χ3n) is 4.92. The molecule has 0 saturated heterocycles. The Morgan fingerprint density at radius 3 is 2.51 bits per heavy atom. The van der Waals surface area contributed by atoms with E-state index in [1.54, 1.807) is 30.3 Å². The molecule has 3 rings (SSSR count). The van der Waals surface area contributed by atoms with E-state index in [1.807, 2.05) is 25.1 Å². The summed E-state index contributed by atoms with van der Waals surface area (Å²) in [7, 11) is 0. The third-order valence-corrected chi connectivity index (χ3v) is 5.28. The van der Waals surface area contributed by atoms with Gasteiger partial charge in [-0.3, -0.25) is 9.59 Å². The second kappa shape index (κ2) is 12.5. The first kappa shape index (κ1) is 25.7. The summed E-state index contributed by atoms with van der Waals surface area (Å²) in [6.45, 7) is 3.95. The van der Waals surface area contributed by atoms with Gasteiger partial charge in [-0.25, -0.2) is 9.82 Å². The molecule has 0 bridgehead atoms. The summed E-state index contributed by atoms with van der Waals surface area (Å²) < 4.78 is 25.3. The van der Waals surface area contributed by atoms with Crippen LogP contribution in [0, 0.1) is 11.7 Å². The second-order valence-corrected chi connectivity index (χ2v) is 7.85. The zero-order valence-corrected chi connectivity index (χ0v) is 20.0. The third kappa shape index (κ3) is 7.28. The van der Waals surface area contributed by atoms with Crippen LogP contribution in [0.15, 0.2) is 71.8 Å². The highest BCUT2D eigenvalue weighted by molar-refractivity contribution is 6.31. The molecule has 3 aromatic carbocycles. The lowest BCUT2D eigenvalue weighted by molar-refractivity contribution is -0.131. The number of halogens is 2. The smallest absolute Gasteiger partial charge is 0.252 e. The van der Waals surface area contributed by atoms with E-state index >= 15 is 0 Å². The Labute approximate surface area is 207 Å². The molecule has 9 heteroatoms. The van der Waals surface area contributed by atoms with Gasteiger partial charge in [0.2, 0.25) is 5.91 Å². The highest BCUT2D eigenvalue weighted by Gasteiger charge is 2.22. The molecule has 2 N–H and O–H groups in total. The maximum absolute atomic E-state index is 13.7. The number of carbonyl (C=O) groups is 2. The molecule has 1 atom stereocenters. The van der Waals surface area contributed by atoms with Crippen LogP contribution >= 0.6 is 11.6 Å². The fourth-order valence-electron chi connectivity index (χ4n) is 2.95. The Balaban J connectivity index is 1.59. The molecule has 3 aromatic rings. The number of nitrogens with zero attached hydrogens (tertiary/aromatic N) is 1. The van der Waals surface area contributed by atoms with Crippen LogP contribution < -0.4 is 20.2 Å². The first-order chi connectivity index (χ1) is 16.9. The fraction of sp³-hybridized carbons (Fsp3) is 0.192. The molecule has 0 saturated carbocycles. The number of carbonyl (C=O) groups excluding carboxylic acids is 2. The first-order valence-corrected chi connectivity index (χ1v) is 11.3. The highest BCUT2D eigenvalue weighted by atomic mass is 35.5. The molecule has 35 heavy (non-hydrogen) atoms. The molecule has 2 amide bonds. The van der Waals surface area contributed by atoms with E-state index in [1.165, 1.54) is 31.3 Å². The van der Waals surface area contributed by atoms with Gasteiger partial charge in [-0.05, 0) is 55.8 Å². The normalized spacial score (nSPS) is 11.7. The van der Waals surface area contributed by atoms with Gasteiger partial charge in [0.15, 0.2) is 11.5 Å². The minimum atomic E-state index is -1.09. The number of hydrogen-bond donors (Lipinski definition) is 2. The second-order valence-electron chi connectivity index (χ2n) is 7.44. The number of benzene rings is 3. The monoisotopic (exact) mass is 497 g/mol. The minimum absolute atomic E-state index is 0.000879. The number of anilines is 1. The van der Waals surface area contributed by atoms with Crippen molar-refractivity contribution < 1.29 is 23.5 Å². The summed E-state index contributed by atoms with van der Waals surface area (Å²) in [4.78, 5) is 24.5. The van der Waals surface area contributed by atoms with Gasteiger partial charge < -0.3 is 14.8 Å². The van der Waals surface area contributed by atoms with Gasteiger partial charge in [-0.2, -0.15) is 5.10 Å². The number of rotatable bonds is 10. The van der Waals surface area contributed by atoms with Gasteiger partial charge in [0, 0.05) is 10.6 Å². The Bertz CT molecular complexity index is 1220. The summed E-state index contributed by atoms with van der Waals surface area (Å²) in [5.74, 6) is -1.93. The van der Waals surface area contributed by atoms with Crippen LogP contribution in [0.1, 0.15) is 25.0 Å². The Kier molecular flexibility index (Phi) is 9.20. The molecular formula is C26H25ClFN3O4. The molecule has 182 valence electrons. The van der Waals surface area contributed by atoms with E-state index in [-0.39, 0.29) is 12.3 Å². The first-order valence-electron chi connectivity index (χ1n) is 10.9. The predicted octanol–water partition coefficient (Wildman–Crippen LogP) is 5.18. The average Bonchev–Trinajstić information content (AvgIpc) is 2.85. The van der Waals surface area contributed by atoms with E-state index < -0.39 is 23.5 Å². The van der Waals surface area contributed by atoms with Crippen LogP contribution in [-0.4, -0.2) is 24.6 Å². The summed E-state index contributed by atoms with van der Waals surface area (Å²) in [6.07, 6.45) is 1.42. The quantitative estimate of drug-likeness (QED) is 0.229. The molecule has 7 nitrogen and oxygen atoms in total. The molecule has 0 aromatic heterocycles. The number of hydrazone groups is 1. The molecule has 0 aliphatic rings. The van der Waals surface area contributed by atoms with Gasteiger partial charge in [0.1, 0.15) is 18.3 Å². The maximum atomic E-state index is 13.7. The Hall–Kier alpha value is -3.91. The predicted molar refractivity (Wildman–Crippen MR) is 133 cm³/mol. The van der Waals surface area contributed by atoms with Crippen LogP contribution in [0.5, 0.6) is 11.5 Å². The van der Waals surface area contributed by atoms with Crippen molar-refractivity contribution in [2.75, 3.05) is 11.9 Å². The van der Waals surface area contributed by atoms with E-state index in [0.29, 0.717) is 28.7 Å². The number of ether oxygens (including phenoxy) is 2. The highest BCUT2D eigenvalue weighted by Crippen LogP contribution is 2.29. The Morgan fingerprint density at radius 2 is 1.77 bits per heavy atom. The molecule has 0 aliphatic heterocycles. The largest absolute Gasteiger partial charge is 0.490 e. The molecule has 0 spiro atoms. The van der Waals surface area contributed by atoms with Crippen molar-refractivity contribution >= 4 is 35.3 Å². The van der Waals surface area contributed by atoms with E-state index in [4.69, 9.17) is 21.1 Å². The van der Waals surface area contributed by atoms with Crippen molar-refractivity contribution in [3.8, 4) is 11.5 Å². The minimum Gasteiger partial charge on any atom is -0.490 e. The molecule has 0 fully saturated rings. The van der Waals surface area contributed by atoms with Gasteiger partial charge in [-0.15, -0.1) is 0 Å². The van der Waals surface area contributed by atoms with Crippen LogP contribution in [0.3, 0.4) is 0 Å². The van der Waals surface area contributed by atoms with Crippen molar-refractivity contribution in [3.63, 3.8) is 0 Å². The van der Waals surface area contributed by atoms with Crippen molar-refractivity contribution in [1.82, 2.24) is 5.43 Å². The zero-order valence-electron chi connectivity index (χ0n) is 19.3. The standard InChI is InChI=1S/C26H25ClFN3O4/c1-3-34-24-14-18(12-13-23(24)35-16-19-8-4-5-9-20(19)27)15-29-31-26(33)17(2)25(32)30-22-11-7-6-10-21(22)28/h4-15,17H,3,16H2,1-2H3,(H,30,32)(H,31,33). The van der Waals surface area contributed by atoms with Crippen molar-refractivity contribution in [1.29, 1.82) is 0 Å². The lowest BCUT2D eigenvalue weighted by Gasteiger charge is -2.13.